The highest BCUT2D eigenvalue weighted by atomic mass is 19.1. The van der Waals surface area contributed by atoms with E-state index >= 15 is 0 Å². The number of rotatable bonds is 5. The van der Waals surface area contributed by atoms with Gasteiger partial charge in [0.2, 0.25) is 0 Å². The van der Waals surface area contributed by atoms with Crippen LogP contribution in [0.2, 0.25) is 0 Å². The summed E-state index contributed by atoms with van der Waals surface area (Å²) in [6, 6.07) is 10.8. The number of esters is 1. The lowest BCUT2D eigenvalue weighted by atomic mass is 10.1. The Kier molecular flexibility index (Phi) is 4.35. The van der Waals surface area contributed by atoms with E-state index in [-0.39, 0.29) is 36.0 Å². The first-order valence-electron chi connectivity index (χ1n) is 8.53. The summed E-state index contributed by atoms with van der Waals surface area (Å²) in [4.78, 5) is 35.8. The summed E-state index contributed by atoms with van der Waals surface area (Å²) >= 11 is 0. The molecule has 7 heteroatoms. The third kappa shape index (κ3) is 3.67. The first-order chi connectivity index (χ1) is 13.0. The third-order valence-electron chi connectivity index (χ3n) is 4.65. The van der Waals surface area contributed by atoms with Gasteiger partial charge in [-0.05, 0) is 48.2 Å². The summed E-state index contributed by atoms with van der Waals surface area (Å²) in [6.07, 6.45) is 0.582. The van der Waals surface area contributed by atoms with E-state index in [1.165, 1.54) is 18.2 Å². The quantitative estimate of drug-likeness (QED) is 0.647. The number of ketones is 1. The maximum absolute atomic E-state index is 13.3. The molecule has 0 aromatic heterocycles. The predicted octanol–water partition coefficient (Wildman–Crippen LogP) is 2.69. The Morgan fingerprint density at radius 3 is 2.89 bits per heavy atom. The fraction of sp³-hybridized carbons (Fsp3) is 0.250. The van der Waals surface area contributed by atoms with Crippen LogP contribution in [0.15, 0.2) is 42.5 Å². The van der Waals surface area contributed by atoms with E-state index in [2.05, 4.69) is 5.32 Å². The Morgan fingerprint density at radius 1 is 1.22 bits per heavy atom. The molecule has 138 valence electrons. The fourth-order valence-corrected chi connectivity index (χ4v) is 3.14. The standard InChI is InChI=1S/C20H16FNO5/c21-13-3-1-2-11(6-13)14-8-15(14)20(25)27-9-17(23)12-4-5-18-16(7-12)22-19(24)10-26-18/h1-7,14-15H,8-10H2,(H,22,24)/t14-,15-/m0/s1. The van der Waals surface area contributed by atoms with E-state index in [9.17, 15) is 18.8 Å². The number of anilines is 1. The van der Waals surface area contributed by atoms with Crippen LogP contribution in [0.3, 0.4) is 0 Å². The lowest BCUT2D eigenvalue weighted by Crippen LogP contribution is -2.25. The lowest BCUT2D eigenvalue weighted by Gasteiger charge is -2.18. The second-order valence-electron chi connectivity index (χ2n) is 6.58. The number of fused-ring (bicyclic) bond motifs is 1. The van der Waals surface area contributed by atoms with Gasteiger partial charge in [-0.2, -0.15) is 0 Å². The second kappa shape index (κ2) is 6.83. The topological polar surface area (TPSA) is 81.7 Å². The van der Waals surface area contributed by atoms with Crippen molar-refractivity contribution in [3.63, 3.8) is 0 Å². The minimum absolute atomic E-state index is 0.0637. The number of hydrogen-bond acceptors (Lipinski definition) is 5. The number of hydrogen-bond donors (Lipinski definition) is 1. The van der Waals surface area contributed by atoms with Gasteiger partial charge in [-0.25, -0.2) is 4.39 Å². The van der Waals surface area contributed by atoms with Crippen molar-refractivity contribution in [2.45, 2.75) is 12.3 Å². The van der Waals surface area contributed by atoms with Gasteiger partial charge in [-0.3, -0.25) is 14.4 Å². The number of carbonyl (C=O) groups is 3. The summed E-state index contributed by atoms with van der Waals surface area (Å²) in [5, 5.41) is 2.62. The first kappa shape index (κ1) is 17.2. The fourth-order valence-electron chi connectivity index (χ4n) is 3.14. The summed E-state index contributed by atoms with van der Waals surface area (Å²) in [5.41, 5.74) is 1.48. The summed E-state index contributed by atoms with van der Waals surface area (Å²) < 4.78 is 23.6. The Bertz CT molecular complexity index is 942. The zero-order chi connectivity index (χ0) is 19.0. The SMILES string of the molecule is O=C1COc2ccc(C(=O)COC(=O)[C@H]3C[C@H]3c3cccc(F)c3)cc2N1. The number of nitrogens with one attached hydrogen (secondary N) is 1. The van der Waals surface area contributed by atoms with Crippen LogP contribution in [-0.2, 0) is 14.3 Å². The molecule has 27 heavy (non-hydrogen) atoms. The number of Topliss-reactive ketones (excluding diaryl/α,β-unsaturated/α-hetero) is 1. The van der Waals surface area contributed by atoms with Crippen molar-refractivity contribution in [3.8, 4) is 5.75 Å². The molecule has 0 bridgehead atoms. The van der Waals surface area contributed by atoms with Gasteiger partial charge in [-0.15, -0.1) is 0 Å². The molecule has 1 amide bonds. The van der Waals surface area contributed by atoms with Crippen molar-refractivity contribution in [1.82, 2.24) is 0 Å². The Labute approximate surface area is 154 Å². The molecule has 1 aliphatic heterocycles. The van der Waals surface area contributed by atoms with Crippen molar-refractivity contribution in [3.05, 3.63) is 59.4 Å². The molecule has 2 aliphatic rings. The van der Waals surface area contributed by atoms with Gasteiger partial charge in [0.15, 0.2) is 19.0 Å². The number of carbonyl (C=O) groups excluding carboxylic acids is 3. The van der Waals surface area contributed by atoms with E-state index in [1.807, 2.05) is 0 Å². The van der Waals surface area contributed by atoms with Crippen LogP contribution in [0.25, 0.3) is 0 Å². The zero-order valence-electron chi connectivity index (χ0n) is 14.2. The van der Waals surface area contributed by atoms with Crippen LogP contribution in [-0.4, -0.2) is 30.9 Å². The van der Waals surface area contributed by atoms with E-state index in [4.69, 9.17) is 9.47 Å². The van der Waals surface area contributed by atoms with Crippen molar-refractivity contribution in [2.24, 2.45) is 5.92 Å². The van der Waals surface area contributed by atoms with E-state index in [0.717, 1.165) is 5.56 Å². The van der Waals surface area contributed by atoms with E-state index in [0.29, 0.717) is 23.4 Å². The monoisotopic (exact) mass is 369 g/mol. The second-order valence-corrected chi connectivity index (χ2v) is 6.58. The maximum Gasteiger partial charge on any atom is 0.310 e. The van der Waals surface area contributed by atoms with Crippen molar-refractivity contribution >= 4 is 23.3 Å². The molecule has 0 saturated heterocycles. The minimum Gasteiger partial charge on any atom is -0.482 e. The third-order valence-corrected chi connectivity index (χ3v) is 4.65. The lowest BCUT2D eigenvalue weighted by molar-refractivity contribution is -0.144. The Morgan fingerprint density at radius 2 is 2.07 bits per heavy atom. The Hall–Kier alpha value is -3.22. The Balaban J connectivity index is 1.34. The highest BCUT2D eigenvalue weighted by molar-refractivity contribution is 6.01. The molecule has 2 aromatic rings. The number of benzene rings is 2. The van der Waals surface area contributed by atoms with Crippen LogP contribution in [0.5, 0.6) is 5.75 Å². The van der Waals surface area contributed by atoms with Crippen molar-refractivity contribution in [1.29, 1.82) is 0 Å². The van der Waals surface area contributed by atoms with E-state index < -0.39 is 12.6 Å². The normalized spacial score (nSPS) is 20.1. The number of halogens is 1. The van der Waals surface area contributed by atoms with Gasteiger partial charge in [0.05, 0.1) is 11.6 Å². The molecule has 0 radical (unpaired) electrons. The zero-order valence-corrected chi connectivity index (χ0v) is 14.2. The minimum atomic E-state index is -0.466. The first-order valence-corrected chi connectivity index (χ1v) is 8.53. The smallest absolute Gasteiger partial charge is 0.310 e. The summed E-state index contributed by atoms with van der Waals surface area (Å²) in [7, 11) is 0. The predicted molar refractivity (Wildman–Crippen MR) is 93.1 cm³/mol. The van der Waals surface area contributed by atoms with Crippen LogP contribution in [0.4, 0.5) is 10.1 Å². The van der Waals surface area contributed by atoms with Gasteiger partial charge in [0, 0.05) is 5.56 Å². The van der Waals surface area contributed by atoms with Crippen LogP contribution in [0, 0.1) is 11.7 Å². The molecule has 1 N–H and O–H groups in total. The molecule has 1 saturated carbocycles. The molecule has 2 atom stereocenters. The van der Waals surface area contributed by atoms with Gasteiger partial charge in [0.25, 0.3) is 5.91 Å². The maximum atomic E-state index is 13.3. The highest BCUT2D eigenvalue weighted by Gasteiger charge is 2.45. The average molecular weight is 369 g/mol. The average Bonchev–Trinajstić information content (AvgIpc) is 3.46. The molecule has 1 heterocycles. The van der Waals surface area contributed by atoms with Crippen LogP contribution in [0.1, 0.15) is 28.3 Å². The summed E-state index contributed by atoms with van der Waals surface area (Å²) in [6.45, 7) is -0.454. The molecule has 4 rings (SSSR count). The van der Waals surface area contributed by atoms with Crippen molar-refractivity contribution < 1.29 is 28.2 Å². The number of amides is 1. The van der Waals surface area contributed by atoms with Crippen LogP contribution >= 0.6 is 0 Å². The molecule has 0 unspecified atom stereocenters. The summed E-state index contributed by atoms with van der Waals surface area (Å²) in [5.74, 6) is -1.42. The van der Waals surface area contributed by atoms with Gasteiger partial charge in [-0.1, -0.05) is 12.1 Å². The number of ether oxygens (including phenoxy) is 2. The molecule has 2 aromatic carbocycles. The van der Waals surface area contributed by atoms with Crippen molar-refractivity contribution in [2.75, 3.05) is 18.5 Å². The molecular formula is C20H16FNO5. The van der Waals surface area contributed by atoms with E-state index in [1.54, 1.807) is 24.3 Å². The van der Waals surface area contributed by atoms with Gasteiger partial charge < -0.3 is 14.8 Å². The highest BCUT2D eigenvalue weighted by Crippen LogP contribution is 2.48. The molecule has 0 spiro atoms. The van der Waals surface area contributed by atoms with Crippen LogP contribution < -0.4 is 10.1 Å². The molecular weight excluding hydrogens is 353 g/mol. The molecule has 6 nitrogen and oxygen atoms in total. The largest absolute Gasteiger partial charge is 0.482 e. The molecule has 1 fully saturated rings. The van der Waals surface area contributed by atoms with Gasteiger partial charge >= 0.3 is 5.97 Å². The molecule has 1 aliphatic carbocycles. The van der Waals surface area contributed by atoms with Gasteiger partial charge in [0.1, 0.15) is 11.6 Å².